The summed E-state index contributed by atoms with van der Waals surface area (Å²) < 4.78 is 105. The first-order valence-corrected chi connectivity index (χ1v) is 17.5. The van der Waals surface area contributed by atoms with E-state index in [0.29, 0.717) is 6.92 Å². The van der Waals surface area contributed by atoms with Gasteiger partial charge in [-0.1, -0.05) is 73.4 Å². The molecule has 0 aromatic rings. The number of carbonyl (C=O) groups is 2. The van der Waals surface area contributed by atoms with Crippen molar-refractivity contribution in [3.8, 4) is 0 Å². The third kappa shape index (κ3) is 750. The normalized spacial score (nSPS) is 6.24. The molecule has 0 aromatic carbocycles. The first-order chi connectivity index (χ1) is 24.2. The van der Waals surface area contributed by atoms with Gasteiger partial charge in [0.25, 0.3) is 0 Å². The summed E-state index contributed by atoms with van der Waals surface area (Å²) in [4.78, 5) is 17.6. The minimum Gasteiger partial charge on any atom is -1.00 e. The van der Waals surface area contributed by atoms with E-state index in [9.17, 15) is 39.5 Å². The molecule has 58 heavy (non-hydrogen) atoms. The number of aldehydes is 2. The molecule has 358 valence electrons. The number of hydrogen-bond donors (Lipinski definition) is 4. The Labute approximate surface area is 437 Å². The van der Waals surface area contributed by atoms with Gasteiger partial charge in [-0.2, -0.15) is 26.3 Å². The zero-order chi connectivity index (χ0) is 46.5. The van der Waals surface area contributed by atoms with Crippen molar-refractivity contribution in [2.45, 2.75) is 104 Å². The van der Waals surface area contributed by atoms with E-state index in [-0.39, 0.29) is 126 Å². The molecule has 0 unspecified atom stereocenters. The van der Waals surface area contributed by atoms with Gasteiger partial charge in [0.2, 0.25) is 0 Å². The second-order valence-corrected chi connectivity index (χ2v) is 7.42. The van der Waals surface area contributed by atoms with Crippen molar-refractivity contribution in [2.24, 2.45) is 0 Å². The molecule has 25 heteroatoms. The minimum absolute atomic E-state index is 0. The molecule has 0 atom stereocenters. The molecule has 0 aliphatic heterocycles. The molecule has 0 heterocycles. The van der Waals surface area contributed by atoms with Crippen LogP contribution in [0.25, 0.3) is 0 Å². The summed E-state index contributed by atoms with van der Waals surface area (Å²) in [6.45, 7) is 27.2. The van der Waals surface area contributed by atoms with E-state index in [4.69, 9.17) is 30.0 Å². The molecule has 0 aliphatic rings. The molecule has 0 amide bonds. The Balaban J connectivity index is -0.0000000117. The fourth-order valence-electron chi connectivity index (χ4n) is 0. The van der Waals surface area contributed by atoms with Gasteiger partial charge in [0, 0.05) is 82.4 Å². The molecule has 0 spiro atoms. The number of alkyl halides is 2. The van der Waals surface area contributed by atoms with Crippen LogP contribution in [0, 0.1) is 0 Å². The Morgan fingerprint density at radius 2 is 0.586 bits per heavy atom. The summed E-state index contributed by atoms with van der Waals surface area (Å²) in [5.74, 6) is -2.89. The molecule has 0 aromatic heterocycles. The zero-order valence-electron chi connectivity index (χ0n) is 40.9. The quantitative estimate of drug-likeness (QED) is 0.105. The number of methoxy groups -OCH3 is 2. The summed E-state index contributed by atoms with van der Waals surface area (Å²) in [6, 6.07) is 0. The molecule has 0 saturated heterocycles. The Kier molecular flexibility index (Phi) is 524. The van der Waals surface area contributed by atoms with E-state index in [1.165, 1.54) is 13.8 Å². The smallest absolute Gasteiger partial charge is 1.00 e. The third-order valence-electron chi connectivity index (χ3n) is 1.46. The van der Waals surface area contributed by atoms with Gasteiger partial charge >= 0.3 is 77.4 Å². The topological polar surface area (TPSA) is 134 Å². The zero-order valence-corrected chi connectivity index (χ0v) is 49.5. The van der Waals surface area contributed by atoms with Crippen LogP contribution in [0.5, 0.6) is 0 Å². The van der Waals surface area contributed by atoms with Crippen molar-refractivity contribution in [3.63, 3.8) is 0 Å². The fraction of sp³-hybridized carbons (Fsp3) is 0.758. The average molecular weight is 1160 g/mol. The average Bonchev–Trinajstić information content (AvgIpc) is 3.11. The number of aliphatic hydroxyl groups is 4. The maximum Gasteiger partial charge on any atom is 1.00 e. The number of carbonyl (C=O) groups excluding carboxylic acids is 2. The van der Waals surface area contributed by atoms with Crippen LogP contribution in [0.15, 0.2) is 35.7 Å². The minimum atomic E-state index is -2.91. The summed E-state index contributed by atoms with van der Waals surface area (Å²) in [5.41, 5.74) is 0. The Hall–Kier alpha value is 1.74. The standard InChI is InChI=1S/C4H6F2.C3H3F3.2C3H8O.2C2H5Br.C2F4.2C2H6O.2C2H4O.2C2H6.2CH4O.2B.2BrH.2Na.2H/c1-3(5)4(2)6;1-2(4)3(5)6;2*1-3-4-2;2*1-2-3;3-1(4)2(5)6;4*1-2-3;4*1-2;;;;;;;;/h1-2H3;1H3;2*3H2,1-2H3;2*2H2,1H3;;2*3H,2H2,1H3;2*2H,1H3;2*1-2H3;2*2H,1H3;;;2*1H;;;;/q;;;;;;;;;;;;;;;;;;;2*+1;2*-1/b4-3+;;;;;;;;;;;;;;;;;;;;;;. The number of aliphatic hydroxyl groups excluding tert-OH is 4. The maximum absolute atomic E-state index is 11.3. The van der Waals surface area contributed by atoms with Gasteiger partial charge in [-0.25, -0.2) is 13.2 Å². The van der Waals surface area contributed by atoms with E-state index in [1.807, 2.05) is 55.4 Å². The van der Waals surface area contributed by atoms with E-state index >= 15 is 0 Å². The third-order valence-corrected chi connectivity index (χ3v) is 1.46. The Bertz CT molecular complexity index is 487. The summed E-state index contributed by atoms with van der Waals surface area (Å²) in [7, 11) is 5.36. The van der Waals surface area contributed by atoms with Crippen molar-refractivity contribution >= 4 is 95.2 Å². The molecule has 6 radical (unpaired) electrons. The van der Waals surface area contributed by atoms with E-state index in [0.717, 1.165) is 64.5 Å². The van der Waals surface area contributed by atoms with Crippen LogP contribution in [0.2, 0.25) is 0 Å². The predicted octanol–water partition coefficient (Wildman–Crippen LogP) is 6.66. The van der Waals surface area contributed by atoms with Gasteiger partial charge in [0.15, 0.2) is 5.83 Å². The van der Waals surface area contributed by atoms with Gasteiger partial charge in [0.1, 0.15) is 24.2 Å². The fourth-order valence-corrected chi connectivity index (χ4v) is 0. The summed E-state index contributed by atoms with van der Waals surface area (Å²) >= 11 is 6.29. The molecule has 0 bridgehead atoms. The first kappa shape index (κ1) is 137. The van der Waals surface area contributed by atoms with Crippen molar-refractivity contribution in [1.29, 1.82) is 0 Å². The van der Waals surface area contributed by atoms with Gasteiger partial charge in [-0.15, -0.1) is 34.0 Å². The molecular formula is C33H79B2Br4F9Na2O8. The van der Waals surface area contributed by atoms with Crippen molar-refractivity contribution < 1.29 is 141 Å². The van der Waals surface area contributed by atoms with Gasteiger partial charge < -0.3 is 42.3 Å². The number of hydrogen-bond acceptors (Lipinski definition) is 8. The van der Waals surface area contributed by atoms with Crippen LogP contribution in [0.4, 0.5) is 39.5 Å². The van der Waals surface area contributed by atoms with Gasteiger partial charge in [-0.05, 0) is 62.3 Å². The largest absolute Gasteiger partial charge is 1.00 e. The SMILES string of the molecule is Br.Br.C/C(F)=C(/C)F.CC.CC.CC(F)=C(F)F.CC=O.CC=O.CCBr.CCBr.CCO.CCO.CCOC.CCOC.CO.CO.FC(F)=C(F)F.[B].[B].[H-].[H-].[Na+].[Na+]. The van der Waals surface area contributed by atoms with Crippen LogP contribution in [-0.4, -0.2) is 115 Å². The molecular weight excluding hydrogens is 1080 g/mol. The second-order valence-electron chi connectivity index (χ2n) is 5.17. The van der Waals surface area contributed by atoms with Crippen molar-refractivity contribution in [2.75, 3.05) is 65.5 Å². The van der Waals surface area contributed by atoms with Gasteiger partial charge in [0.05, 0.1) is 0 Å². The summed E-state index contributed by atoms with van der Waals surface area (Å²) in [6.07, 6.45) is -6.56. The molecule has 4 N–H and O–H groups in total. The maximum atomic E-state index is 11.3. The van der Waals surface area contributed by atoms with Gasteiger partial charge in [-0.3, -0.25) is 0 Å². The summed E-state index contributed by atoms with van der Waals surface area (Å²) in [5, 5.41) is 31.3. The molecule has 8 nitrogen and oxygen atoms in total. The van der Waals surface area contributed by atoms with E-state index in [2.05, 4.69) is 41.3 Å². The van der Waals surface area contributed by atoms with Crippen LogP contribution in [0.1, 0.15) is 107 Å². The predicted molar refractivity (Wildman–Crippen MR) is 244 cm³/mol. The monoisotopic (exact) mass is 1160 g/mol. The van der Waals surface area contributed by atoms with Crippen LogP contribution < -0.4 is 59.1 Å². The van der Waals surface area contributed by atoms with Crippen LogP contribution in [-0.2, 0) is 19.1 Å². The molecule has 0 saturated carbocycles. The van der Waals surface area contributed by atoms with E-state index < -0.39 is 35.7 Å². The number of ether oxygens (including phenoxy) is 2. The number of halogens is 13. The van der Waals surface area contributed by atoms with Crippen LogP contribution >= 0.6 is 65.8 Å². The van der Waals surface area contributed by atoms with E-state index in [1.54, 1.807) is 28.1 Å². The molecule has 0 aliphatic carbocycles. The number of rotatable bonds is 2. The van der Waals surface area contributed by atoms with Crippen molar-refractivity contribution in [1.82, 2.24) is 0 Å². The first-order valence-electron chi connectivity index (χ1n) is 15.3. The second kappa shape index (κ2) is 221. The number of allylic oxidation sites excluding steroid dienone is 3. The Morgan fingerprint density at radius 3 is 0.586 bits per heavy atom. The molecule has 0 fully saturated rings. The molecule has 0 rings (SSSR count). The Morgan fingerprint density at radius 1 is 0.517 bits per heavy atom. The van der Waals surface area contributed by atoms with Crippen LogP contribution in [0.3, 0.4) is 0 Å². The van der Waals surface area contributed by atoms with Crippen molar-refractivity contribution in [3.05, 3.63) is 35.7 Å².